The first-order valence-electron chi connectivity index (χ1n) is 8.16. The van der Waals surface area contributed by atoms with Crippen molar-refractivity contribution in [2.75, 3.05) is 0 Å². The molecule has 1 aromatic carbocycles. The largest absolute Gasteiger partial charge is 0.363 e. The van der Waals surface area contributed by atoms with Gasteiger partial charge in [0.25, 0.3) is 5.56 Å². The lowest BCUT2D eigenvalue weighted by Crippen LogP contribution is -2.34. The maximum Gasteiger partial charge on any atom is 0.363 e. The fraction of sp³-hybridized carbons (Fsp3) is 0.368. The van der Waals surface area contributed by atoms with Gasteiger partial charge < -0.3 is 4.84 Å². The van der Waals surface area contributed by atoms with Gasteiger partial charge in [0.1, 0.15) is 0 Å². The summed E-state index contributed by atoms with van der Waals surface area (Å²) in [5, 5.41) is 0. The van der Waals surface area contributed by atoms with Crippen LogP contribution in [-0.2, 0) is 0 Å². The molecule has 0 unspecified atom stereocenters. The van der Waals surface area contributed by atoms with Crippen molar-refractivity contribution in [1.29, 1.82) is 0 Å². The van der Waals surface area contributed by atoms with E-state index in [2.05, 4.69) is 0 Å². The lowest BCUT2D eigenvalue weighted by molar-refractivity contribution is 0.0417. The fourth-order valence-corrected chi connectivity index (χ4v) is 3.20. The first kappa shape index (κ1) is 15.5. The van der Waals surface area contributed by atoms with E-state index in [1.807, 2.05) is 19.1 Å². The lowest BCUT2D eigenvalue weighted by Gasteiger charge is -2.24. The number of benzene rings is 1. The monoisotopic (exact) mass is 311 g/mol. The molecule has 120 valence electrons. The highest BCUT2D eigenvalue weighted by Crippen LogP contribution is 2.32. The van der Waals surface area contributed by atoms with Crippen LogP contribution in [0.5, 0.6) is 0 Å². The third-order valence-electron chi connectivity index (χ3n) is 4.37. The summed E-state index contributed by atoms with van der Waals surface area (Å²) in [6, 6.07) is 12.2. The highest BCUT2D eigenvalue weighted by Gasteiger charge is 2.22. The Hall–Kier alpha value is -2.36. The summed E-state index contributed by atoms with van der Waals surface area (Å²) in [5.74, 6) is -0.228. The van der Waals surface area contributed by atoms with Gasteiger partial charge in [-0.1, -0.05) is 37.5 Å². The van der Waals surface area contributed by atoms with E-state index in [0.29, 0.717) is 5.56 Å². The molecule has 0 saturated heterocycles. The molecule has 1 aliphatic rings. The summed E-state index contributed by atoms with van der Waals surface area (Å²) in [5.41, 5.74) is 1.88. The minimum absolute atomic E-state index is 0.278. The Morgan fingerprint density at radius 2 is 1.78 bits per heavy atom. The van der Waals surface area contributed by atoms with Gasteiger partial charge in [-0.2, -0.15) is 0 Å². The number of carbonyl (C=O) groups excluding carboxylic acids is 1. The summed E-state index contributed by atoms with van der Waals surface area (Å²) >= 11 is 0. The van der Waals surface area contributed by atoms with Gasteiger partial charge in [-0.25, -0.2) is 4.79 Å². The molecule has 23 heavy (non-hydrogen) atoms. The molecule has 1 saturated carbocycles. The van der Waals surface area contributed by atoms with Crippen molar-refractivity contribution >= 4 is 5.97 Å². The van der Waals surface area contributed by atoms with Gasteiger partial charge in [-0.15, -0.1) is 4.73 Å². The molecular weight excluding hydrogens is 290 g/mol. The van der Waals surface area contributed by atoms with E-state index in [9.17, 15) is 9.59 Å². The van der Waals surface area contributed by atoms with Crippen LogP contribution in [0.25, 0.3) is 0 Å². The molecule has 0 bridgehead atoms. The number of aromatic nitrogens is 1. The molecule has 1 aromatic heterocycles. The molecule has 0 N–H and O–H groups in total. The first-order chi connectivity index (χ1) is 11.1. The summed E-state index contributed by atoms with van der Waals surface area (Å²) in [4.78, 5) is 30.1. The molecule has 2 aromatic rings. The first-order valence-corrected chi connectivity index (χ1v) is 8.16. The van der Waals surface area contributed by atoms with Gasteiger partial charge >= 0.3 is 5.97 Å². The van der Waals surface area contributed by atoms with Crippen molar-refractivity contribution in [2.45, 2.75) is 44.9 Å². The maximum atomic E-state index is 12.4. The third-order valence-corrected chi connectivity index (χ3v) is 4.37. The second kappa shape index (κ2) is 6.82. The van der Waals surface area contributed by atoms with Gasteiger partial charge in [0.05, 0.1) is 11.3 Å². The Morgan fingerprint density at radius 1 is 1.09 bits per heavy atom. The fourth-order valence-electron chi connectivity index (χ4n) is 3.20. The molecule has 0 spiro atoms. The standard InChI is InChI=1S/C19H21NO3/c1-14-12-17(15-8-4-2-5-9-15)20(18(21)13-14)23-19(22)16-10-6-3-7-11-16/h3,6-7,10-13,15H,2,4-5,8-9H2,1H3. The highest BCUT2D eigenvalue weighted by molar-refractivity contribution is 5.89. The van der Waals surface area contributed by atoms with Crippen LogP contribution in [0, 0.1) is 6.92 Å². The van der Waals surface area contributed by atoms with Crippen LogP contribution in [0.3, 0.4) is 0 Å². The zero-order valence-corrected chi connectivity index (χ0v) is 13.3. The lowest BCUT2D eigenvalue weighted by atomic mass is 9.86. The van der Waals surface area contributed by atoms with Gasteiger partial charge in [0.15, 0.2) is 0 Å². The van der Waals surface area contributed by atoms with Crippen molar-refractivity contribution in [1.82, 2.24) is 4.73 Å². The van der Waals surface area contributed by atoms with Gasteiger partial charge in [0, 0.05) is 12.0 Å². The van der Waals surface area contributed by atoms with Crippen LogP contribution in [0.2, 0.25) is 0 Å². The zero-order valence-electron chi connectivity index (χ0n) is 13.3. The molecular formula is C19H21NO3. The third kappa shape index (κ3) is 3.52. The minimum atomic E-state index is -0.506. The molecule has 3 rings (SSSR count). The Balaban J connectivity index is 1.94. The molecule has 1 aliphatic carbocycles. The van der Waals surface area contributed by atoms with Crippen LogP contribution >= 0.6 is 0 Å². The van der Waals surface area contributed by atoms with Gasteiger partial charge in [-0.3, -0.25) is 4.79 Å². The van der Waals surface area contributed by atoms with Crippen molar-refractivity contribution in [2.24, 2.45) is 0 Å². The van der Waals surface area contributed by atoms with Crippen molar-refractivity contribution < 1.29 is 9.63 Å². The van der Waals surface area contributed by atoms with E-state index in [0.717, 1.165) is 36.9 Å². The van der Waals surface area contributed by atoms with Crippen LogP contribution < -0.4 is 10.4 Å². The van der Waals surface area contributed by atoms with Crippen molar-refractivity contribution in [3.8, 4) is 0 Å². The van der Waals surface area contributed by atoms with E-state index in [4.69, 9.17) is 4.84 Å². The van der Waals surface area contributed by atoms with Crippen molar-refractivity contribution in [3.63, 3.8) is 0 Å². The molecule has 0 atom stereocenters. The minimum Gasteiger partial charge on any atom is -0.328 e. The second-order valence-corrected chi connectivity index (χ2v) is 6.17. The SMILES string of the molecule is Cc1cc(C2CCCCC2)n(OC(=O)c2ccccc2)c(=O)c1. The van der Waals surface area contributed by atoms with E-state index >= 15 is 0 Å². The molecule has 0 amide bonds. The smallest absolute Gasteiger partial charge is 0.328 e. The number of pyridine rings is 1. The van der Waals surface area contributed by atoms with Crippen LogP contribution in [0.1, 0.15) is 59.6 Å². The number of aryl methyl sites for hydroxylation is 1. The normalized spacial score (nSPS) is 15.3. The van der Waals surface area contributed by atoms with E-state index in [1.54, 1.807) is 24.3 Å². The Bertz CT molecular complexity index is 743. The topological polar surface area (TPSA) is 48.3 Å². The van der Waals surface area contributed by atoms with Crippen molar-refractivity contribution in [3.05, 3.63) is 69.6 Å². The van der Waals surface area contributed by atoms with Crippen LogP contribution in [0.15, 0.2) is 47.3 Å². The summed E-state index contributed by atoms with van der Waals surface area (Å²) in [6.45, 7) is 1.90. The Morgan fingerprint density at radius 3 is 2.48 bits per heavy atom. The summed E-state index contributed by atoms with van der Waals surface area (Å²) in [6.07, 6.45) is 5.60. The zero-order chi connectivity index (χ0) is 16.2. The van der Waals surface area contributed by atoms with E-state index < -0.39 is 5.97 Å². The average Bonchev–Trinajstić information content (AvgIpc) is 2.58. The van der Waals surface area contributed by atoms with Crippen LogP contribution in [0.4, 0.5) is 0 Å². The number of hydrogen-bond donors (Lipinski definition) is 0. The number of hydrogen-bond acceptors (Lipinski definition) is 3. The average molecular weight is 311 g/mol. The second-order valence-electron chi connectivity index (χ2n) is 6.17. The quantitative estimate of drug-likeness (QED) is 0.872. The van der Waals surface area contributed by atoms with Gasteiger partial charge in [0.2, 0.25) is 0 Å². The van der Waals surface area contributed by atoms with E-state index in [1.165, 1.54) is 17.2 Å². The molecule has 0 radical (unpaired) electrons. The number of rotatable bonds is 3. The molecule has 4 heteroatoms. The maximum absolute atomic E-state index is 12.4. The Kier molecular flexibility index (Phi) is 4.60. The molecule has 1 heterocycles. The summed E-state index contributed by atoms with van der Waals surface area (Å²) < 4.78 is 1.19. The predicted molar refractivity (Wildman–Crippen MR) is 88.6 cm³/mol. The van der Waals surface area contributed by atoms with Gasteiger partial charge in [-0.05, 0) is 43.5 Å². The highest BCUT2D eigenvalue weighted by atomic mass is 16.7. The molecule has 0 aliphatic heterocycles. The van der Waals surface area contributed by atoms with Crippen LogP contribution in [-0.4, -0.2) is 10.7 Å². The number of nitrogens with zero attached hydrogens (tertiary/aromatic N) is 1. The Labute approximate surface area is 135 Å². The molecule has 4 nitrogen and oxygen atoms in total. The van der Waals surface area contributed by atoms with E-state index in [-0.39, 0.29) is 11.5 Å². The number of carbonyl (C=O) groups is 1. The summed E-state index contributed by atoms with van der Waals surface area (Å²) in [7, 11) is 0. The predicted octanol–water partition coefficient (Wildman–Crippen LogP) is 3.47. The molecule has 1 fully saturated rings.